The molecule has 0 radical (unpaired) electrons. The van der Waals surface area contributed by atoms with Crippen molar-refractivity contribution < 1.29 is 9.53 Å². The molecule has 0 aliphatic rings. The third-order valence-electron chi connectivity index (χ3n) is 2.86. The average Bonchev–Trinajstić information content (AvgIpc) is 2.76. The van der Waals surface area contributed by atoms with Gasteiger partial charge >= 0.3 is 5.97 Å². The van der Waals surface area contributed by atoms with Crippen molar-refractivity contribution in [2.75, 3.05) is 11.9 Å². The lowest BCUT2D eigenvalue weighted by Crippen LogP contribution is -2.07. The summed E-state index contributed by atoms with van der Waals surface area (Å²) >= 11 is 7.33. The van der Waals surface area contributed by atoms with Gasteiger partial charge in [-0.25, -0.2) is 4.79 Å². The molecule has 20 heavy (non-hydrogen) atoms. The van der Waals surface area contributed by atoms with Crippen LogP contribution in [0.15, 0.2) is 18.2 Å². The maximum Gasteiger partial charge on any atom is 0.343 e. The lowest BCUT2D eigenvalue weighted by atomic mass is 10.2. The van der Waals surface area contributed by atoms with Crippen molar-refractivity contribution in [1.29, 1.82) is 0 Å². The second kappa shape index (κ2) is 6.24. The zero-order valence-corrected chi connectivity index (χ0v) is 13.1. The van der Waals surface area contributed by atoms with Gasteiger partial charge in [-0.2, -0.15) is 4.37 Å². The smallest absolute Gasteiger partial charge is 0.343 e. The zero-order valence-electron chi connectivity index (χ0n) is 11.5. The Kier molecular flexibility index (Phi) is 4.62. The van der Waals surface area contributed by atoms with Crippen LogP contribution in [0.25, 0.3) is 0 Å². The van der Waals surface area contributed by atoms with Crippen LogP contribution >= 0.6 is 23.1 Å². The Labute approximate surface area is 126 Å². The Balaban J connectivity index is 2.35. The minimum absolute atomic E-state index is 0.337. The number of aromatic nitrogens is 1. The van der Waals surface area contributed by atoms with Gasteiger partial charge in [0.2, 0.25) is 0 Å². The first-order valence-electron chi connectivity index (χ1n) is 6.20. The first kappa shape index (κ1) is 14.8. The lowest BCUT2D eigenvalue weighted by molar-refractivity contribution is 0.0527. The van der Waals surface area contributed by atoms with Crippen LogP contribution in [0.2, 0.25) is 5.02 Å². The minimum atomic E-state index is -0.360. The molecule has 0 aliphatic carbocycles. The molecule has 0 unspecified atom stereocenters. The Morgan fingerprint density at radius 2 is 2.20 bits per heavy atom. The molecule has 0 fully saturated rings. The molecule has 0 atom stereocenters. The van der Waals surface area contributed by atoms with E-state index >= 15 is 0 Å². The van der Waals surface area contributed by atoms with Crippen LogP contribution in [-0.2, 0) is 4.74 Å². The highest BCUT2D eigenvalue weighted by molar-refractivity contribution is 7.10. The molecule has 0 spiro atoms. The van der Waals surface area contributed by atoms with Crippen molar-refractivity contribution >= 4 is 39.8 Å². The molecular formula is C14H15ClN2O2S. The second-order valence-electron chi connectivity index (χ2n) is 4.23. The third kappa shape index (κ3) is 2.94. The molecule has 1 N–H and O–H groups in total. The van der Waals surface area contributed by atoms with Crippen molar-refractivity contribution in [1.82, 2.24) is 4.37 Å². The van der Waals surface area contributed by atoms with Gasteiger partial charge in [0.05, 0.1) is 12.3 Å². The fraction of sp³-hybridized carbons (Fsp3) is 0.286. The Morgan fingerprint density at radius 1 is 1.45 bits per heavy atom. The Hall–Kier alpha value is -1.59. The quantitative estimate of drug-likeness (QED) is 0.854. The summed E-state index contributed by atoms with van der Waals surface area (Å²) in [5.74, 6) is -0.360. The molecule has 0 aliphatic heterocycles. The molecule has 0 saturated heterocycles. The Morgan fingerprint density at radius 3 is 2.90 bits per heavy atom. The van der Waals surface area contributed by atoms with Crippen LogP contribution in [0, 0.1) is 13.8 Å². The summed E-state index contributed by atoms with van der Waals surface area (Å²) in [5, 5.41) is 4.56. The highest BCUT2D eigenvalue weighted by Crippen LogP contribution is 2.31. The second-order valence-corrected chi connectivity index (χ2v) is 5.41. The normalized spacial score (nSPS) is 10.4. The summed E-state index contributed by atoms with van der Waals surface area (Å²) in [6.07, 6.45) is 0. The molecule has 4 nitrogen and oxygen atoms in total. The van der Waals surface area contributed by atoms with E-state index in [1.807, 2.05) is 25.1 Å². The summed E-state index contributed by atoms with van der Waals surface area (Å²) in [6.45, 7) is 5.83. The van der Waals surface area contributed by atoms with E-state index in [4.69, 9.17) is 16.3 Å². The third-order valence-corrected chi connectivity index (χ3v) is 4.12. The number of hydrogen-bond donors (Lipinski definition) is 1. The molecule has 0 saturated carbocycles. The van der Waals surface area contributed by atoms with E-state index in [0.717, 1.165) is 11.3 Å². The number of rotatable bonds is 4. The van der Waals surface area contributed by atoms with Gasteiger partial charge in [0.15, 0.2) is 0 Å². The number of carbonyl (C=O) groups excluding carboxylic acids is 1. The van der Waals surface area contributed by atoms with Crippen LogP contribution in [0.1, 0.15) is 28.5 Å². The molecule has 1 aromatic carbocycles. The predicted molar refractivity (Wildman–Crippen MR) is 82.3 cm³/mol. The molecule has 106 valence electrons. The first-order chi connectivity index (χ1) is 9.54. The number of esters is 1. The average molecular weight is 311 g/mol. The standard InChI is InChI=1S/C14H15ClN2O2S/c1-4-19-14(18)12-9(3)17-20-13(12)16-11-7-5-6-10(15)8(11)2/h5-7,16H,4H2,1-3H3. The van der Waals surface area contributed by atoms with E-state index in [-0.39, 0.29) is 5.97 Å². The fourth-order valence-electron chi connectivity index (χ4n) is 1.76. The van der Waals surface area contributed by atoms with Crippen molar-refractivity contribution in [2.45, 2.75) is 20.8 Å². The number of carbonyl (C=O) groups is 1. The van der Waals surface area contributed by atoms with E-state index < -0.39 is 0 Å². The molecule has 6 heteroatoms. The first-order valence-corrected chi connectivity index (χ1v) is 7.35. The monoisotopic (exact) mass is 310 g/mol. The van der Waals surface area contributed by atoms with Gasteiger partial charge < -0.3 is 10.1 Å². The fourth-order valence-corrected chi connectivity index (χ4v) is 2.74. The number of hydrogen-bond acceptors (Lipinski definition) is 5. The van der Waals surface area contributed by atoms with E-state index in [1.54, 1.807) is 13.8 Å². The highest BCUT2D eigenvalue weighted by Gasteiger charge is 2.20. The lowest BCUT2D eigenvalue weighted by Gasteiger charge is -2.10. The van der Waals surface area contributed by atoms with Gasteiger partial charge in [0.1, 0.15) is 10.6 Å². The van der Waals surface area contributed by atoms with E-state index in [0.29, 0.717) is 27.9 Å². The van der Waals surface area contributed by atoms with Gasteiger partial charge in [-0.15, -0.1) is 0 Å². The maximum atomic E-state index is 12.0. The molecule has 1 heterocycles. The number of nitrogens with zero attached hydrogens (tertiary/aromatic N) is 1. The van der Waals surface area contributed by atoms with E-state index in [2.05, 4.69) is 9.69 Å². The van der Waals surface area contributed by atoms with Gasteiger partial charge in [-0.1, -0.05) is 17.7 Å². The topological polar surface area (TPSA) is 51.2 Å². The summed E-state index contributed by atoms with van der Waals surface area (Å²) in [4.78, 5) is 12.0. The van der Waals surface area contributed by atoms with Crippen LogP contribution in [0.5, 0.6) is 0 Å². The van der Waals surface area contributed by atoms with Crippen molar-refractivity contribution in [2.24, 2.45) is 0 Å². The van der Waals surface area contributed by atoms with Gasteiger partial charge in [-0.05, 0) is 50.0 Å². The summed E-state index contributed by atoms with van der Waals surface area (Å²) in [7, 11) is 0. The highest BCUT2D eigenvalue weighted by atomic mass is 35.5. The van der Waals surface area contributed by atoms with Crippen molar-refractivity contribution in [3.05, 3.63) is 40.0 Å². The van der Waals surface area contributed by atoms with E-state index in [9.17, 15) is 4.79 Å². The van der Waals surface area contributed by atoms with Gasteiger partial charge in [0, 0.05) is 10.7 Å². The molecular weight excluding hydrogens is 296 g/mol. The predicted octanol–water partition coefficient (Wildman–Crippen LogP) is 4.33. The zero-order chi connectivity index (χ0) is 14.7. The van der Waals surface area contributed by atoms with Crippen LogP contribution in [0.4, 0.5) is 10.7 Å². The summed E-state index contributed by atoms with van der Waals surface area (Å²) in [6, 6.07) is 5.59. The number of nitrogens with one attached hydrogen (secondary N) is 1. The van der Waals surface area contributed by atoms with E-state index in [1.165, 1.54) is 11.5 Å². The van der Waals surface area contributed by atoms with Crippen molar-refractivity contribution in [3.8, 4) is 0 Å². The molecule has 1 aromatic heterocycles. The van der Waals surface area contributed by atoms with Crippen LogP contribution < -0.4 is 5.32 Å². The Bertz CT molecular complexity index is 640. The summed E-state index contributed by atoms with van der Waals surface area (Å²) in [5.41, 5.74) is 2.92. The van der Waals surface area contributed by atoms with Crippen molar-refractivity contribution in [3.63, 3.8) is 0 Å². The van der Waals surface area contributed by atoms with Gasteiger partial charge in [-0.3, -0.25) is 0 Å². The number of halogens is 1. The van der Waals surface area contributed by atoms with Crippen LogP contribution in [-0.4, -0.2) is 16.9 Å². The minimum Gasteiger partial charge on any atom is -0.462 e. The number of anilines is 2. The number of benzene rings is 1. The molecule has 0 amide bonds. The van der Waals surface area contributed by atoms with Crippen LogP contribution in [0.3, 0.4) is 0 Å². The molecule has 2 rings (SSSR count). The number of ether oxygens (including phenoxy) is 1. The SMILES string of the molecule is CCOC(=O)c1c(C)nsc1Nc1cccc(Cl)c1C. The van der Waals surface area contributed by atoms with Gasteiger partial charge in [0.25, 0.3) is 0 Å². The molecule has 0 bridgehead atoms. The summed E-state index contributed by atoms with van der Waals surface area (Å²) < 4.78 is 9.27. The maximum absolute atomic E-state index is 12.0. The number of aryl methyl sites for hydroxylation is 1. The largest absolute Gasteiger partial charge is 0.462 e. The molecule has 2 aromatic rings.